The number of benzene rings is 1. The Balaban J connectivity index is 2.19. The molecule has 0 saturated carbocycles. The molecule has 0 fully saturated rings. The van der Waals surface area contributed by atoms with Crippen molar-refractivity contribution in [3.63, 3.8) is 0 Å². The lowest BCUT2D eigenvalue weighted by Crippen LogP contribution is -1.95. The second-order valence-corrected chi connectivity index (χ2v) is 3.87. The van der Waals surface area contributed by atoms with Crippen molar-refractivity contribution in [1.82, 2.24) is 15.2 Å². The molecule has 0 radical (unpaired) electrons. The zero-order valence-electron chi connectivity index (χ0n) is 9.14. The molecular formula is C12H9N3O3. The normalized spacial score (nSPS) is 10.9. The molecule has 3 aromatic rings. The lowest BCUT2D eigenvalue weighted by Gasteiger charge is -1.95. The summed E-state index contributed by atoms with van der Waals surface area (Å²) in [6.07, 6.45) is 1.69. The van der Waals surface area contributed by atoms with Crippen molar-refractivity contribution < 1.29 is 15.0 Å². The fourth-order valence-corrected chi connectivity index (χ4v) is 1.92. The van der Waals surface area contributed by atoms with Gasteiger partial charge in [0.2, 0.25) is 0 Å². The number of aromatic carboxylic acids is 1. The summed E-state index contributed by atoms with van der Waals surface area (Å²) in [4.78, 5) is 13.7. The third-order valence-electron chi connectivity index (χ3n) is 2.78. The van der Waals surface area contributed by atoms with E-state index in [1.165, 1.54) is 6.07 Å². The number of nitrogens with one attached hydrogen (secondary N) is 2. The maximum atomic E-state index is 10.8. The number of nitrogens with zero attached hydrogens (tertiary/aromatic N) is 1. The predicted molar refractivity (Wildman–Crippen MR) is 64.5 cm³/mol. The number of aromatic amines is 2. The number of phenolic OH excluding ortho intramolecular Hbond substituents is 1. The summed E-state index contributed by atoms with van der Waals surface area (Å²) in [5.41, 5.74) is 1.89. The number of para-hydroxylation sites is 1. The lowest BCUT2D eigenvalue weighted by atomic mass is 10.1. The number of phenols is 1. The molecule has 3 rings (SSSR count). The fraction of sp³-hybridized carbons (Fsp3) is 0. The molecule has 0 aliphatic heterocycles. The zero-order chi connectivity index (χ0) is 12.7. The molecule has 1 aromatic carbocycles. The quantitative estimate of drug-likeness (QED) is 0.552. The standard InChI is InChI=1S/C12H9N3O3/c16-10-3-1-2-6-7(5-13-11(6)10)8-4-9(12(17)18)15-14-8/h1-5,13,16H,(H,14,15)(H,17,18). The van der Waals surface area contributed by atoms with Gasteiger partial charge in [-0.3, -0.25) is 5.10 Å². The van der Waals surface area contributed by atoms with Gasteiger partial charge < -0.3 is 15.2 Å². The first-order valence-electron chi connectivity index (χ1n) is 5.25. The minimum absolute atomic E-state index is 0.0273. The van der Waals surface area contributed by atoms with Crippen LogP contribution in [0, 0.1) is 0 Å². The summed E-state index contributed by atoms with van der Waals surface area (Å²) < 4.78 is 0. The molecule has 0 amide bonds. The zero-order valence-corrected chi connectivity index (χ0v) is 9.14. The Morgan fingerprint density at radius 3 is 2.89 bits per heavy atom. The van der Waals surface area contributed by atoms with Gasteiger partial charge in [0.15, 0.2) is 0 Å². The highest BCUT2D eigenvalue weighted by Crippen LogP contribution is 2.31. The Hall–Kier alpha value is -2.76. The molecule has 0 aliphatic rings. The number of carbonyl (C=O) groups is 1. The number of aromatic hydroxyl groups is 1. The lowest BCUT2D eigenvalue weighted by molar-refractivity contribution is 0.0690. The highest BCUT2D eigenvalue weighted by Gasteiger charge is 2.13. The van der Waals surface area contributed by atoms with E-state index in [0.29, 0.717) is 11.2 Å². The van der Waals surface area contributed by atoms with Crippen LogP contribution < -0.4 is 0 Å². The maximum absolute atomic E-state index is 10.8. The predicted octanol–water partition coefficient (Wildman–Crippen LogP) is 1.96. The van der Waals surface area contributed by atoms with Crippen LogP contribution in [-0.2, 0) is 0 Å². The third-order valence-corrected chi connectivity index (χ3v) is 2.78. The van der Waals surface area contributed by atoms with Crippen LogP contribution in [0.15, 0.2) is 30.5 Å². The van der Waals surface area contributed by atoms with Crippen LogP contribution in [0.3, 0.4) is 0 Å². The minimum Gasteiger partial charge on any atom is -0.506 e. The van der Waals surface area contributed by atoms with Crippen LogP contribution in [0.4, 0.5) is 0 Å². The molecule has 0 atom stereocenters. The van der Waals surface area contributed by atoms with Gasteiger partial charge in [-0.05, 0) is 12.1 Å². The number of hydrogen-bond acceptors (Lipinski definition) is 3. The molecule has 0 unspecified atom stereocenters. The van der Waals surface area contributed by atoms with Gasteiger partial charge in [0.05, 0.1) is 11.2 Å². The van der Waals surface area contributed by atoms with E-state index in [-0.39, 0.29) is 11.4 Å². The Labute approximate surface area is 101 Å². The first-order valence-corrected chi connectivity index (χ1v) is 5.25. The van der Waals surface area contributed by atoms with Gasteiger partial charge in [-0.25, -0.2) is 4.79 Å². The minimum atomic E-state index is -1.06. The number of fused-ring (bicyclic) bond motifs is 1. The summed E-state index contributed by atoms with van der Waals surface area (Å²) >= 11 is 0. The first kappa shape index (κ1) is 10.4. The highest BCUT2D eigenvalue weighted by molar-refractivity contribution is 5.98. The molecule has 0 spiro atoms. The topological polar surface area (TPSA) is 102 Å². The molecule has 6 heteroatoms. The number of rotatable bonds is 2. The van der Waals surface area contributed by atoms with Crippen molar-refractivity contribution in [1.29, 1.82) is 0 Å². The van der Waals surface area contributed by atoms with Gasteiger partial charge in [0.25, 0.3) is 0 Å². The van der Waals surface area contributed by atoms with Crippen LogP contribution in [-0.4, -0.2) is 31.4 Å². The largest absolute Gasteiger partial charge is 0.506 e. The number of H-pyrrole nitrogens is 2. The monoisotopic (exact) mass is 243 g/mol. The maximum Gasteiger partial charge on any atom is 0.353 e. The molecule has 2 aromatic heterocycles. The van der Waals surface area contributed by atoms with Gasteiger partial charge in [-0.2, -0.15) is 5.10 Å². The Kier molecular flexibility index (Phi) is 2.09. The van der Waals surface area contributed by atoms with E-state index in [1.807, 2.05) is 6.07 Å². The summed E-state index contributed by atoms with van der Waals surface area (Å²) in [5.74, 6) is -0.913. The average Bonchev–Trinajstić information content (AvgIpc) is 2.94. The fourth-order valence-electron chi connectivity index (χ4n) is 1.92. The molecule has 0 bridgehead atoms. The first-order chi connectivity index (χ1) is 8.66. The smallest absolute Gasteiger partial charge is 0.353 e. The molecule has 18 heavy (non-hydrogen) atoms. The molecule has 0 saturated heterocycles. The van der Waals surface area contributed by atoms with Gasteiger partial charge in [0, 0.05) is 17.1 Å². The van der Waals surface area contributed by atoms with Crippen LogP contribution in [0.25, 0.3) is 22.2 Å². The summed E-state index contributed by atoms with van der Waals surface area (Å²) in [5, 5.41) is 25.7. The van der Waals surface area contributed by atoms with Gasteiger partial charge in [0.1, 0.15) is 11.4 Å². The highest BCUT2D eigenvalue weighted by atomic mass is 16.4. The van der Waals surface area contributed by atoms with Crippen LogP contribution in [0.1, 0.15) is 10.5 Å². The molecule has 90 valence electrons. The average molecular weight is 243 g/mol. The van der Waals surface area contributed by atoms with Crippen LogP contribution in [0.2, 0.25) is 0 Å². The molecule has 6 nitrogen and oxygen atoms in total. The molecule has 0 aliphatic carbocycles. The molecular weight excluding hydrogens is 234 g/mol. The van der Waals surface area contributed by atoms with E-state index in [4.69, 9.17) is 5.11 Å². The van der Waals surface area contributed by atoms with Gasteiger partial charge in [-0.15, -0.1) is 0 Å². The van der Waals surface area contributed by atoms with E-state index in [0.717, 1.165) is 10.9 Å². The summed E-state index contributed by atoms with van der Waals surface area (Å²) in [7, 11) is 0. The van der Waals surface area contributed by atoms with Crippen molar-refractivity contribution in [2.75, 3.05) is 0 Å². The number of carboxylic acid groups (broad SMARTS) is 1. The van der Waals surface area contributed by atoms with E-state index in [1.54, 1.807) is 18.3 Å². The van der Waals surface area contributed by atoms with Gasteiger partial charge >= 0.3 is 5.97 Å². The second-order valence-electron chi connectivity index (χ2n) is 3.87. The van der Waals surface area contributed by atoms with Crippen molar-refractivity contribution >= 4 is 16.9 Å². The Bertz CT molecular complexity index is 742. The van der Waals surface area contributed by atoms with E-state index < -0.39 is 5.97 Å². The van der Waals surface area contributed by atoms with Crippen molar-refractivity contribution in [2.24, 2.45) is 0 Å². The summed E-state index contributed by atoms with van der Waals surface area (Å²) in [6, 6.07) is 6.58. The Morgan fingerprint density at radius 1 is 1.33 bits per heavy atom. The van der Waals surface area contributed by atoms with E-state index in [2.05, 4.69) is 15.2 Å². The second kappa shape index (κ2) is 3.63. The SMILES string of the molecule is O=C(O)c1cc(-c2c[nH]c3c(O)cccc23)n[nH]1. The number of aromatic nitrogens is 3. The third kappa shape index (κ3) is 1.43. The summed E-state index contributed by atoms with van der Waals surface area (Å²) in [6.45, 7) is 0. The van der Waals surface area contributed by atoms with Crippen molar-refractivity contribution in [3.05, 3.63) is 36.2 Å². The van der Waals surface area contributed by atoms with Gasteiger partial charge in [-0.1, -0.05) is 12.1 Å². The Morgan fingerprint density at radius 2 is 2.17 bits per heavy atom. The number of carboxylic acids is 1. The van der Waals surface area contributed by atoms with Crippen LogP contribution in [0.5, 0.6) is 5.75 Å². The number of hydrogen-bond donors (Lipinski definition) is 4. The van der Waals surface area contributed by atoms with Crippen LogP contribution >= 0.6 is 0 Å². The van der Waals surface area contributed by atoms with Crippen molar-refractivity contribution in [2.45, 2.75) is 0 Å². The molecule has 4 N–H and O–H groups in total. The van der Waals surface area contributed by atoms with Crippen molar-refractivity contribution in [3.8, 4) is 17.0 Å². The van der Waals surface area contributed by atoms with E-state index >= 15 is 0 Å². The molecule has 2 heterocycles. The van der Waals surface area contributed by atoms with E-state index in [9.17, 15) is 9.90 Å².